The van der Waals surface area contributed by atoms with Gasteiger partial charge < -0.3 is 0 Å². The second-order valence-corrected chi connectivity index (χ2v) is 2.94. The number of rotatable bonds is 3. The molecule has 0 amide bonds. The molecule has 0 aromatic heterocycles. The Hall–Kier alpha value is -1.58. The van der Waals surface area contributed by atoms with Crippen LogP contribution in [0.25, 0.3) is 6.08 Å². The average Bonchev–Trinajstić information content (AvgIpc) is 2.18. The first-order chi connectivity index (χ1) is 7.00. The molecule has 1 nitrogen and oxygen atoms in total. The van der Waals surface area contributed by atoms with E-state index in [2.05, 4.69) is 0 Å². The highest BCUT2D eigenvalue weighted by molar-refractivity contribution is 5.85. The Morgan fingerprint density at radius 1 is 1.20 bits per heavy atom. The second-order valence-electron chi connectivity index (χ2n) is 2.94. The molecule has 0 aliphatic carbocycles. The van der Waals surface area contributed by atoms with E-state index < -0.39 is 18.4 Å². The van der Waals surface area contributed by atoms with Gasteiger partial charge in [-0.3, -0.25) is 4.79 Å². The van der Waals surface area contributed by atoms with Crippen LogP contribution in [-0.2, 0) is 4.79 Å². The van der Waals surface area contributed by atoms with Crippen LogP contribution in [0.2, 0.25) is 0 Å². The summed E-state index contributed by atoms with van der Waals surface area (Å²) in [6.07, 6.45) is -2.64. The van der Waals surface area contributed by atoms with Crippen molar-refractivity contribution in [3.8, 4) is 0 Å². The van der Waals surface area contributed by atoms with Gasteiger partial charge in [0.25, 0.3) is 0 Å². The van der Waals surface area contributed by atoms with Gasteiger partial charge in [0.15, 0.2) is 0 Å². The van der Waals surface area contributed by atoms with Gasteiger partial charge >= 0.3 is 6.18 Å². The van der Waals surface area contributed by atoms with E-state index in [1.165, 1.54) is 12.2 Å². The molecule has 0 aliphatic rings. The number of alkyl halides is 3. The van der Waals surface area contributed by atoms with E-state index in [9.17, 15) is 18.0 Å². The maximum atomic E-state index is 11.8. The van der Waals surface area contributed by atoms with Gasteiger partial charge in [-0.2, -0.15) is 13.2 Å². The Labute approximate surface area is 85.2 Å². The van der Waals surface area contributed by atoms with Crippen LogP contribution in [0.3, 0.4) is 0 Å². The SMILES string of the molecule is O=C(CC=Cc1ccccc1)C(F)(F)F. The number of carbonyl (C=O) groups is 1. The lowest BCUT2D eigenvalue weighted by atomic mass is 10.2. The summed E-state index contributed by atoms with van der Waals surface area (Å²) in [7, 11) is 0. The molecule has 0 unspecified atom stereocenters. The number of ketones is 1. The third kappa shape index (κ3) is 3.97. The molecule has 0 bridgehead atoms. The number of allylic oxidation sites excluding steroid dienone is 1. The first-order valence-electron chi connectivity index (χ1n) is 4.32. The zero-order chi connectivity index (χ0) is 11.3. The Morgan fingerprint density at radius 3 is 2.33 bits per heavy atom. The van der Waals surface area contributed by atoms with Crippen molar-refractivity contribution < 1.29 is 18.0 Å². The quantitative estimate of drug-likeness (QED) is 0.755. The number of hydrogen-bond acceptors (Lipinski definition) is 1. The highest BCUT2D eigenvalue weighted by Gasteiger charge is 2.36. The van der Waals surface area contributed by atoms with Gasteiger partial charge in [0.1, 0.15) is 0 Å². The highest BCUT2D eigenvalue weighted by Crippen LogP contribution is 2.18. The summed E-state index contributed by atoms with van der Waals surface area (Å²) in [5, 5.41) is 0. The summed E-state index contributed by atoms with van der Waals surface area (Å²) < 4.78 is 35.4. The summed E-state index contributed by atoms with van der Waals surface area (Å²) in [6.45, 7) is 0. The van der Waals surface area contributed by atoms with E-state index in [4.69, 9.17) is 0 Å². The Morgan fingerprint density at radius 2 is 1.80 bits per heavy atom. The van der Waals surface area contributed by atoms with Crippen molar-refractivity contribution in [2.75, 3.05) is 0 Å². The van der Waals surface area contributed by atoms with Gasteiger partial charge in [-0.05, 0) is 5.56 Å². The monoisotopic (exact) mass is 214 g/mol. The van der Waals surface area contributed by atoms with Crippen LogP contribution in [-0.4, -0.2) is 12.0 Å². The number of halogens is 3. The van der Waals surface area contributed by atoms with E-state index in [1.807, 2.05) is 0 Å². The Bertz CT molecular complexity index is 352. The topological polar surface area (TPSA) is 17.1 Å². The molecule has 0 atom stereocenters. The Kier molecular flexibility index (Phi) is 3.66. The molecule has 1 aromatic rings. The maximum absolute atomic E-state index is 11.8. The molecule has 0 N–H and O–H groups in total. The number of hydrogen-bond donors (Lipinski definition) is 0. The fourth-order valence-electron chi connectivity index (χ4n) is 0.982. The van der Waals surface area contributed by atoms with Crippen molar-refractivity contribution in [3.05, 3.63) is 42.0 Å². The summed E-state index contributed by atoms with van der Waals surface area (Å²) in [5.74, 6) is -1.73. The molecule has 0 fully saturated rings. The molecular formula is C11H9F3O. The van der Waals surface area contributed by atoms with Crippen molar-refractivity contribution in [2.24, 2.45) is 0 Å². The lowest BCUT2D eigenvalue weighted by molar-refractivity contribution is -0.170. The van der Waals surface area contributed by atoms with Crippen molar-refractivity contribution in [3.63, 3.8) is 0 Å². The summed E-state index contributed by atoms with van der Waals surface area (Å²) >= 11 is 0. The summed E-state index contributed by atoms with van der Waals surface area (Å²) in [4.78, 5) is 10.5. The fourth-order valence-corrected chi connectivity index (χ4v) is 0.982. The van der Waals surface area contributed by atoms with Crippen molar-refractivity contribution >= 4 is 11.9 Å². The number of benzene rings is 1. The van der Waals surface area contributed by atoms with Crippen LogP contribution >= 0.6 is 0 Å². The van der Waals surface area contributed by atoms with E-state index >= 15 is 0 Å². The number of carbonyl (C=O) groups excluding carboxylic acids is 1. The molecule has 0 radical (unpaired) electrons. The van der Waals surface area contributed by atoms with Crippen LogP contribution in [0, 0.1) is 0 Å². The molecule has 1 rings (SSSR count). The number of Topliss-reactive ketones (excluding diaryl/α,β-unsaturated/α-hetero) is 1. The lowest BCUT2D eigenvalue weighted by Gasteiger charge is -2.00. The normalized spacial score (nSPS) is 11.9. The zero-order valence-corrected chi connectivity index (χ0v) is 7.79. The average molecular weight is 214 g/mol. The van der Waals surface area contributed by atoms with Crippen molar-refractivity contribution in [1.29, 1.82) is 0 Å². The molecule has 0 spiro atoms. The van der Waals surface area contributed by atoms with Gasteiger partial charge in [0, 0.05) is 6.42 Å². The molecule has 0 saturated carbocycles. The predicted molar refractivity (Wildman–Crippen MR) is 51.2 cm³/mol. The van der Waals surface area contributed by atoms with Gasteiger partial charge in [-0.25, -0.2) is 0 Å². The summed E-state index contributed by atoms with van der Waals surface area (Å²) in [5.41, 5.74) is 0.771. The minimum atomic E-state index is -4.74. The van der Waals surface area contributed by atoms with Crippen LogP contribution in [0.4, 0.5) is 13.2 Å². The fraction of sp³-hybridized carbons (Fsp3) is 0.182. The standard InChI is InChI=1S/C11H9F3O/c12-11(13,14)10(15)8-4-7-9-5-2-1-3-6-9/h1-7H,8H2. The van der Waals surface area contributed by atoms with Crippen LogP contribution in [0.1, 0.15) is 12.0 Å². The zero-order valence-electron chi connectivity index (χ0n) is 7.79. The van der Waals surface area contributed by atoms with Crippen molar-refractivity contribution in [2.45, 2.75) is 12.6 Å². The van der Waals surface area contributed by atoms with Gasteiger partial charge in [-0.15, -0.1) is 0 Å². The molecule has 0 aliphatic heterocycles. The highest BCUT2D eigenvalue weighted by atomic mass is 19.4. The predicted octanol–water partition coefficient (Wildman–Crippen LogP) is 3.22. The molecule has 0 saturated heterocycles. The van der Waals surface area contributed by atoms with Gasteiger partial charge in [0.2, 0.25) is 5.78 Å². The van der Waals surface area contributed by atoms with Crippen LogP contribution in [0.15, 0.2) is 36.4 Å². The van der Waals surface area contributed by atoms with E-state index in [0.717, 1.165) is 5.56 Å². The van der Waals surface area contributed by atoms with Crippen LogP contribution < -0.4 is 0 Å². The van der Waals surface area contributed by atoms with Crippen molar-refractivity contribution in [1.82, 2.24) is 0 Å². The molecule has 80 valence electrons. The molecule has 0 heterocycles. The van der Waals surface area contributed by atoms with Gasteiger partial charge in [0.05, 0.1) is 0 Å². The largest absolute Gasteiger partial charge is 0.450 e. The molecular weight excluding hydrogens is 205 g/mol. The minimum Gasteiger partial charge on any atom is -0.289 e. The molecule has 1 aromatic carbocycles. The third-order valence-electron chi connectivity index (χ3n) is 1.73. The van der Waals surface area contributed by atoms with Gasteiger partial charge in [-0.1, -0.05) is 42.5 Å². The van der Waals surface area contributed by atoms with E-state index in [1.54, 1.807) is 30.3 Å². The third-order valence-corrected chi connectivity index (χ3v) is 1.73. The second kappa shape index (κ2) is 4.77. The first kappa shape index (κ1) is 11.5. The molecule has 4 heteroatoms. The lowest BCUT2D eigenvalue weighted by Crippen LogP contribution is -2.21. The van der Waals surface area contributed by atoms with Crippen LogP contribution in [0.5, 0.6) is 0 Å². The smallest absolute Gasteiger partial charge is 0.289 e. The molecule has 15 heavy (non-hydrogen) atoms. The Balaban J connectivity index is 2.51. The summed E-state index contributed by atoms with van der Waals surface area (Å²) in [6, 6.07) is 8.83. The maximum Gasteiger partial charge on any atom is 0.450 e. The van der Waals surface area contributed by atoms with E-state index in [-0.39, 0.29) is 0 Å². The first-order valence-corrected chi connectivity index (χ1v) is 4.32. The minimum absolute atomic E-state index is 0.613. The van der Waals surface area contributed by atoms with E-state index in [0.29, 0.717) is 0 Å².